The summed E-state index contributed by atoms with van der Waals surface area (Å²) in [5, 5.41) is 0. The molecule has 5 nitrogen and oxygen atoms in total. The fourth-order valence-corrected chi connectivity index (χ4v) is 3.06. The minimum Gasteiger partial charge on any atom is -0.496 e. The second kappa shape index (κ2) is 6.07. The van der Waals surface area contributed by atoms with E-state index in [0.717, 1.165) is 24.8 Å². The zero-order valence-corrected chi connectivity index (χ0v) is 13.4. The summed E-state index contributed by atoms with van der Waals surface area (Å²) in [6.07, 6.45) is 5.51. The molecule has 0 amide bonds. The average Bonchev–Trinajstić information content (AvgIpc) is 2.53. The minimum absolute atomic E-state index is 0.0768. The van der Waals surface area contributed by atoms with E-state index in [2.05, 4.69) is 0 Å². The van der Waals surface area contributed by atoms with Crippen LogP contribution in [0.3, 0.4) is 0 Å². The molecule has 3 rings (SSSR count). The summed E-state index contributed by atoms with van der Waals surface area (Å²) < 4.78 is 16.2. The van der Waals surface area contributed by atoms with Gasteiger partial charge in [-0.2, -0.15) is 0 Å². The maximum atomic E-state index is 12.3. The molecule has 0 aromatic heterocycles. The van der Waals surface area contributed by atoms with Crippen LogP contribution < -0.4 is 4.74 Å². The normalized spacial score (nSPS) is 20.0. The van der Waals surface area contributed by atoms with E-state index in [4.69, 9.17) is 14.2 Å². The van der Waals surface area contributed by atoms with Gasteiger partial charge in [0.15, 0.2) is 0 Å². The van der Waals surface area contributed by atoms with E-state index in [0.29, 0.717) is 24.2 Å². The molecular weight excluding hydrogens is 296 g/mol. The number of ether oxygens (including phenoxy) is 3. The van der Waals surface area contributed by atoms with Crippen LogP contribution in [-0.2, 0) is 19.1 Å². The van der Waals surface area contributed by atoms with Crippen molar-refractivity contribution in [2.24, 2.45) is 0 Å². The van der Waals surface area contributed by atoms with Crippen LogP contribution in [0.15, 0.2) is 23.8 Å². The molecule has 1 aromatic rings. The molecule has 1 saturated carbocycles. The highest BCUT2D eigenvalue weighted by molar-refractivity contribution is 6.18. The van der Waals surface area contributed by atoms with E-state index in [1.165, 1.54) is 6.08 Å². The molecule has 1 spiro atoms. The van der Waals surface area contributed by atoms with Crippen LogP contribution in [0.25, 0.3) is 6.08 Å². The highest BCUT2D eigenvalue weighted by Crippen LogP contribution is 2.37. The first-order valence-corrected chi connectivity index (χ1v) is 7.86. The van der Waals surface area contributed by atoms with Crippen LogP contribution in [0.2, 0.25) is 0 Å². The van der Waals surface area contributed by atoms with Gasteiger partial charge in [0.25, 0.3) is 5.79 Å². The Morgan fingerprint density at radius 1 is 1.09 bits per heavy atom. The quantitative estimate of drug-likeness (QED) is 0.476. The molecule has 23 heavy (non-hydrogen) atoms. The average molecular weight is 316 g/mol. The number of methoxy groups -OCH3 is 1. The fraction of sp³-hybridized carbons (Fsp3) is 0.444. The molecule has 1 aromatic carbocycles. The van der Waals surface area contributed by atoms with Gasteiger partial charge in [0.1, 0.15) is 11.3 Å². The molecule has 0 atom stereocenters. The first-order chi connectivity index (χ1) is 11.0. The summed E-state index contributed by atoms with van der Waals surface area (Å²) in [4.78, 5) is 24.6. The number of carbonyl (C=O) groups excluding carboxylic acids is 2. The van der Waals surface area contributed by atoms with E-state index < -0.39 is 17.7 Å². The van der Waals surface area contributed by atoms with Crippen molar-refractivity contribution in [2.75, 3.05) is 7.11 Å². The van der Waals surface area contributed by atoms with Gasteiger partial charge in [0.05, 0.1) is 7.11 Å². The lowest BCUT2D eigenvalue weighted by Gasteiger charge is -2.38. The van der Waals surface area contributed by atoms with Gasteiger partial charge in [0.2, 0.25) is 0 Å². The van der Waals surface area contributed by atoms with Crippen LogP contribution in [0.4, 0.5) is 0 Å². The molecule has 5 heteroatoms. The molecular formula is C18H20O5. The summed E-state index contributed by atoms with van der Waals surface area (Å²) in [5.74, 6) is -1.57. The fourth-order valence-electron chi connectivity index (χ4n) is 3.06. The predicted molar refractivity (Wildman–Crippen MR) is 83.7 cm³/mol. The van der Waals surface area contributed by atoms with Crippen molar-refractivity contribution < 1.29 is 23.8 Å². The van der Waals surface area contributed by atoms with Crippen molar-refractivity contribution in [3.05, 3.63) is 34.9 Å². The number of carbonyl (C=O) groups is 2. The number of hydrogen-bond acceptors (Lipinski definition) is 5. The maximum absolute atomic E-state index is 12.3. The van der Waals surface area contributed by atoms with Gasteiger partial charge in [0, 0.05) is 12.8 Å². The van der Waals surface area contributed by atoms with Gasteiger partial charge >= 0.3 is 11.9 Å². The zero-order valence-electron chi connectivity index (χ0n) is 13.4. The predicted octanol–water partition coefficient (Wildman–Crippen LogP) is 3.15. The van der Waals surface area contributed by atoms with Crippen LogP contribution in [0.1, 0.15) is 43.2 Å². The summed E-state index contributed by atoms with van der Waals surface area (Å²) in [5.41, 5.74) is 1.59. The number of hydrogen-bond donors (Lipinski definition) is 0. The Kier molecular flexibility index (Phi) is 4.11. The highest BCUT2D eigenvalue weighted by Gasteiger charge is 2.46. The summed E-state index contributed by atoms with van der Waals surface area (Å²) in [6.45, 7) is 1.92. The van der Waals surface area contributed by atoms with Crippen molar-refractivity contribution >= 4 is 18.0 Å². The molecule has 0 N–H and O–H groups in total. The zero-order chi connectivity index (χ0) is 16.4. The lowest BCUT2D eigenvalue weighted by molar-refractivity contribution is -0.244. The third-order valence-corrected chi connectivity index (χ3v) is 4.36. The molecule has 0 radical (unpaired) electrons. The molecule has 2 fully saturated rings. The van der Waals surface area contributed by atoms with E-state index in [1.54, 1.807) is 13.2 Å². The molecule has 122 valence electrons. The third-order valence-electron chi connectivity index (χ3n) is 4.36. The number of aryl methyl sites for hydroxylation is 1. The molecule has 0 unspecified atom stereocenters. The maximum Gasteiger partial charge on any atom is 0.348 e. The Balaban J connectivity index is 1.86. The number of esters is 2. The Morgan fingerprint density at radius 3 is 2.35 bits per heavy atom. The van der Waals surface area contributed by atoms with Gasteiger partial charge in [-0.3, -0.25) is 0 Å². The standard InChI is InChI=1S/C18H20O5/c1-12-6-7-13(11-15(12)21-2)10-14-16(19)22-18(23-17(14)20)8-4-3-5-9-18/h6-7,10-11H,3-5,8-9H2,1-2H3. The largest absolute Gasteiger partial charge is 0.496 e. The molecule has 1 aliphatic heterocycles. The molecule has 1 aliphatic carbocycles. The van der Waals surface area contributed by atoms with Crippen LogP contribution in [0, 0.1) is 6.92 Å². The molecule has 1 heterocycles. The van der Waals surface area contributed by atoms with Crippen molar-refractivity contribution in [2.45, 2.75) is 44.8 Å². The lowest BCUT2D eigenvalue weighted by Crippen LogP contribution is -2.47. The Bertz CT molecular complexity index is 646. The molecule has 0 bridgehead atoms. The second-order valence-corrected chi connectivity index (χ2v) is 6.04. The smallest absolute Gasteiger partial charge is 0.348 e. The van der Waals surface area contributed by atoms with Gasteiger partial charge in [-0.05, 0) is 43.0 Å². The Labute approximate surface area is 135 Å². The van der Waals surface area contributed by atoms with Gasteiger partial charge in [-0.1, -0.05) is 18.6 Å². The van der Waals surface area contributed by atoms with Crippen LogP contribution in [0.5, 0.6) is 5.75 Å². The van der Waals surface area contributed by atoms with Crippen LogP contribution >= 0.6 is 0 Å². The van der Waals surface area contributed by atoms with E-state index in [1.807, 2.05) is 19.1 Å². The van der Waals surface area contributed by atoms with Crippen molar-refractivity contribution in [3.8, 4) is 5.75 Å². The summed E-state index contributed by atoms with van der Waals surface area (Å²) in [6, 6.07) is 5.46. The first-order valence-electron chi connectivity index (χ1n) is 7.86. The third kappa shape index (κ3) is 3.09. The summed E-state index contributed by atoms with van der Waals surface area (Å²) in [7, 11) is 1.58. The van der Waals surface area contributed by atoms with Crippen molar-refractivity contribution in [1.82, 2.24) is 0 Å². The first kappa shape index (κ1) is 15.6. The SMILES string of the molecule is COc1cc(C=C2C(=O)OC3(CCCCC3)OC2=O)ccc1C. The lowest BCUT2D eigenvalue weighted by atomic mass is 9.93. The topological polar surface area (TPSA) is 61.8 Å². The summed E-state index contributed by atoms with van der Waals surface area (Å²) >= 11 is 0. The Morgan fingerprint density at radius 2 is 1.74 bits per heavy atom. The van der Waals surface area contributed by atoms with Gasteiger partial charge in [-0.15, -0.1) is 0 Å². The van der Waals surface area contributed by atoms with Gasteiger partial charge in [-0.25, -0.2) is 9.59 Å². The van der Waals surface area contributed by atoms with Crippen LogP contribution in [-0.4, -0.2) is 24.8 Å². The molecule has 1 saturated heterocycles. The minimum atomic E-state index is -1.05. The Hall–Kier alpha value is -2.30. The monoisotopic (exact) mass is 316 g/mol. The van der Waals surface area contributed by atoms with E-state index in [-0.39, 0.29) is 5.57 Å². The second-order valence-electron chi connectivity index (χ2n) is 6.04. The number of rotatable bonds is 2. The van der Waals surface area contributed by atoms with E-state index in [9.17, 15) is 9.59 Å². The molecule has 2 aliphatic rings. The van der Waals surface area contributed by atoms with Crippen molar-refractivity contribution in [3.63, 3.8) is 0 Å². The van der Waals surface area contributed by atoms with Gasteiger partial charge < -0.3 is 14.2 Å². The number of benzene rings is 1. The highest BCUT2D eigenvalue weighted by atomic mass is 16.7. The van der Waals surface area contributed by atoms with Crippen molar-refractivity contribution in [1.29, 1.82) is 0 Å². The van der Waals surface area contributed by atoms with E-state index >= 15 is 0 Å².